The van der Waals surface area contributed by atoms with E-state index >= 15 is 0 Å². The van der Waals surface area contributed by atoms with Crippen molar-refractivity contribution < 1.29 is 8.91 Å². The molecule has 1 N–H and O–H groups in total. The van der Waals surface area contributed by atoms with E-state index in [0.717, 1.165) is 30.6 Å². The third-order valence-corrected chi connectivity index (χ3v) is 3.45. The largest absolute Gasteiger partial charge is 0.356 e. The maximum absolute atomic E-state index is 13.0. The molecule has 0 spiro atoms. The van der Waals surface area contributed by atoms with Gasteiger partial charge in [-0.2, -0.15) is 0 Å². The molecule has 2 aromatic rings. The van der Waals surface area contributed by atoms with Crippen LogP contribution in [0, 0.1) is 11.7 Å². The van der Waals surface area contributed by atoms with Crippen molar-refractivity contribution in [3.63, 3.8) is 0 Å². The first-order valence-electron chi connectivity index (χ1n) is 6.07. The van der Waals surface area contributed by atoms with E-state index in [4.69, 9.17) is 4.52 Å². The van der Waals surface area contributed by atoms with Crippen molar-refractivity contribution in [2.75, 3.05) is 13.1 Å². The van der Waals surface area contributed by atoms with E-state index in [1.165, 1.54) is 25.0 Å². The molecule has 3 nitrogen and oxygen atoms in total. The van der Waals surface area contributed by atoms with Gasteiger partial charge in [0.2, 0.25) is 0 Å². The quantitative estimate of drug-likeness (QED) is 0.867. The smallest absolute Gasteiger partial charge is 0.170 e. The van der Waals surface area contributed by atoms with Crippen LogP contribution < -0.4 is 5.32 Å². The van der Waals surface area contributed by atoms with E-state index < -0.39 is 0 Å². The molecule has 1 fully saturated rings. The van der Waals surface area contributed by atoms with Crippen molar-refractivity contribution in [1.82, 2.24) is 10.5 Å². The number of nitrogens with one attached hydrogen (secondary N) is 1. The van der Waals surface area contributed by atoms with Gasteiger partial charge in [-0.1, -0.05) is 5.16 Å². The van der Waals surface area contributed by atoms with Crippen molar-refractivity contribution in [2.45, 2.75) is 19.3 Å². The Balaban J connectivity index is 1.84. The van der Waals surface area contributed by atoms with Crippen LogP contribution in [-0.4, -0.2) is 18.2 Å². The van der Waals surface area contributed by atoms with Gasteiger partial charge < -0.3 is 9.84 Å². The Morgan fingerprint density at radius 3 is 3.00 bits per heavy atom. The number of hydrogen-bond acceptors (Lipinski definition) is 3. The predicted molar refractivity (Wildman–Crippen MR) is 63.3 cm³/mol. The molecule has 2 heterocycles. The summed E-state index contributed by atoms with van der Waals surface area (Å²) < 4.78 is 18.2. The lowest BCUT2D eigenvalue weighted by molar-refractivity contribution is 0.360. The highest BCUT2D eigenvalue weighted by Crippen LogP contribution is 2.24. The minimum Gasteiger partial charge on any atom is -0.356 e. The van der Waals surface area contributed by atoms with Gasteiger partial charge in [-0.25, -0.2) is 4.39 Å². The summed E-state index contributed by atoms with van der Waals surface area (Å²) in [7, 11) is 0. The zero-order chi connectivity index (χ0) is 11.7. The van der Waals surface area contributed by atoms with Crippen molar-refractivity contribution in [1.29, 1.82) is 0 Å². The SMILES string of the molecule is Fc1ccc2c(CC3CCNCC3)noc2c1. The summed E-state index contributed by atoms with van der Waals surface area (Å²) in [6.07, 6.45) is 3.28. The summed E-state index contributed by atoms with van der Waals surface area (Å²) in [5.74, 6) is 0.386. The van der Waals surface area contributed by atoms with Gasteiger partial charge in [-0.3, -0.25) is 0 Å². The summed E-state index contributed by atoms with van der Waals surface area (Å²) in [4.78, 5) is 0. The first-order chi connectivity index (χ1) is 8.33. The molecule has 0 atom stereocenters. The average Bonchev–Trinajstić information content (AvgIpc) is 2.73. The Labute approximate surface area is 99.0 Å². The molecule has 1 aromatic heterocycles. The van der Waals surface area contributed by atoms with Crippen LogP contribution in [0.15, 0.2) is 22.7 Å². The van der Waals surface area contributed by atoms with Crippen LogP contribution in [0.4, 0.5) is 4.39 Å². The van der Waals surface area contributed by atoms with E-state index in [-0.39, 0.29) is 5.82 Å². The fraction of sp³-hybridized carbons (Fsp3) is 0.462. The maximum atomic E-state index is 13.0. The second-order valence-corrected chi connectivity index (χ2v) is 4.67. The predicted octanol–water partition coefficient (Wildman–Crippen LogP) is 2.51. The van der Waals surface area contributed by atoms with Crippen molar-refractivity contribution >= 4 is 11.0 Å². The summed E-state index contributed by atoms with van der Waals surface area (Å²) in [6.45, 7) is 2.16. The van der Waals surface area contributed by atoms with Gasteiger partial charge >= 0.3 is 0 Å². The van der Waals surface area contributed by atoms with E-state index in [0.29, 0.717) is 11.5 Å². The lowest BCUT2D eigenvalue weighted by Crippen LogP contribution is -2.28. The molecule has 0 bridgehead atoms. The molecule has 1 aromatic carbocycles. The summed E-state index contributed by atoms with van der Waals surface area (Å²) in [5, 5.41) is 8.36. The van der Waals surface area contributed by atoms with E-state index in [1.54, 1.807) is 6.07 Å². The van der Waals surface area contributed by atoms with Crippen LogP contribution in [0.2, 0.25) is 0 Å². The summed E-state index contributed by atoms with van der Waals surface area (Å²) in [6, 6.07) is 4.62. The molecule has 0 aliphatic carbocycles. The molecule has 0 amide bonds. The highest BCUT2D eigenvalue weighted by molar-refractivity contribution is 5.79. The van der Waals surface area contributed by atoms with Gasteiger partial charge in [-0.05, 0) is 50.4 Å². The Morgan fingerprint density at radius 1 is 1.35 bits per heavy atom. The van der Waals surface area contributed by atoms with Gasteiger partial charge in [0.15, 0.2) is 5.58 Å². The topological polar surface area (TPSA) is 38.1 Å². The van der Waals surface area contributed by atoms with Crippen LogP contribution in [0.5, 0.6) is 0 Å². The molecule has 1 aliphatic rings. The molecule has 90 valence electrons. The first-order valence-corrected chi connectivity index (χ1v) is 6.07. The Morgan fingerprint density at radius 2 is 2.18 bits per heavy atom. The van der Waals surface area contributed by atoms with Gasteiger partial charge in [0.1, 0.15) is 5.82 Å². The highest BCUT2D eigenvalue weighted by Gasteiger charge is 2.17. The minimum atomic E-state index is -0.276. The van der Waals surface area contributed by atoms with Crippen LogP contribution in [0.1, 0.15) is 18.5 Å². The zero-order valence-electron chi connectivity index (χ0n) is 9.58. The number of rotatable bonds is 2. The fourth-order valence-electron chi connectivity index (χ4n) is 2.47. The molecule has 1 aliphatic heterocycles. The van der Waals surface area contributed by atoms with Crippen LogP contribution in [0.3, 0.4) is 0 Å². The zero-order valence-corrected chi connectivity index (χ0v) is 9.58. The third kappa shape index (κ3) is 2.17. The van der Waals surface area contributed by atoms with E-state index in [2.05, 4.69) is 10.5 Å². The molecule has 4 heteroatoms. The van der Waals surface area contributed by atoms with Gasteiger partial charge in [0.05, 0.1) is 5.69 Å². The van der Waals surface area contributed by atoms with Crippen LogP contribution in [0.25, 0.3) is 11.0 Å². The second kappa shape index (κ2) is 4.45. The number of halogens is 1. The number of benzene rings is 1. The molecule has 0 radical (unpaired) electrons. The number of nitrogens with zero attached hydrogens (tertiary/aromatic N) is 1. The molecule has 3 rings (SSSR count). The maximum Gasteiger partial charge on any atom is 0.170 e. The van der Waals surface area contributed by atoms with E-state index in [1.807, 2.05) is 0 Å². The standard InChI is InChI=1S/C13H15FN2O/c14-10-1-2-11-12(16-17-13(11)8-10)7-9-3-5-15-6-4-9/h1-2,8-9,15H,3-7H2. The minimum absolute atomic E-state index is 0.276. The molecule has 1 saturated heterocycles. The molecular weight excluding hydrogens is 219 g/mol. The number of aromatic nitrogens is 1. The monoisotopic (exact) mass is 234 g/mol. The normalized spacial score (nSPS) is 17.7. The molecular formula is C13H15FN2O. The van der Waals surface area contributed by atoms with Gasteiger partial charge in [0, 0.05) is 11.5 Å². The Hall–Kier alpha value is -1.42. The lowest BCUT2D eigenvalue weighted by atomic mass is 9.92. The Bertz CT molecular complexity index is 517. The summed E-state index contributed by atoms with van der Waals surface area (Å²) >= 11 is 0. The van der Waals surface area contributed by atoms with Crippen LogP contribution in [-0.2, 0) is 6.42 Å². The van der Waals surface area contributed by atoms with E-state index in [9.17, 15) is 4.39 Å². The molecule has 17 heavy (non-hydrogen) atoms. The van der Waals surface area contributed by atoms with Crippen LogP contribution >= 0.6 is 0 Å². The van der Waals surface area contributed by atoms with Gasteiger partial charge in [0.25, 0.3) is 0 Å². The average molecular weight is 234 g/mol. The lowest BCUT2D eigenvalue weighted by Gasteiger charge is -2.21. The Kier molecular flexibility index (Phi) is 2.81. The highest BCUT2D eigenvalue weighted by atomic mass is 19.1. The number of piperidine rings is 1. The fourth-order valence-corrected chi connectivity index (χ4v) is 2.47. The number of hydrogen-bond donors (Lipinski definition) is 1. The third-order valence-electron chi connectivity index (χ3n) is 3.45. The number of fused-ring (bicyclic) bond motifs is 1. The van der Waals surface area contributed by atoms with Crippen molar-refractivity contribution in [3.05, 3.63) is 29.7 Å². The molecule has 0 saturated carbocycles. The first kappa shape index (κ1) is 10.7. The summed E-state index contributed by atoms with van der Waals surface area (Å²) in [5.41, 5.74) is 1.51. The second-order valence-electron chi connectivity index (χ2n) is 4.67. The van der Waals surface area contributed by atoms with Crippen molar-refractivity contribution in [2.24, 2.45) is 5.92 Å². The van der Waals surface area contributed by atoms with Gasteiger partial charge in [-0.15, -0.1) is 0 Å². The molecule has 0 unspecified atom stereocenters. The van der Waals surface area contributed by atoms with Crippen molar-refractivity contribution in [3.8, 4) is 0 Å².